The quantitative estimate of drug-likeness (QED) is 0.387. The average molecular weight is 504 g/mol. The molecule has 0 spiro atoms. The third-order valence-electron chi connectivity index (χ3n) is 4.37. The van der Waals surface area contributed by atoms with Crippen LogP contribution in [0.3, 0.4) is 0 Å². The van der Waals surface area contributed by atoms with Crippen molar-refractivity contribution in [2.75, 3.05) is 32.8 Å². The normalized spacial score (nSPS) is 17.5. The summed E-state index contributed by atoms with van der Waals surface area (Å²) in [6.07, 6.45) is 4.80. The maximum absolute atomic E-state index is 5.94. The van der Waals surface area contributed by atoms with E-state index in [-0.39, 0.29) is 30.1 Å². The second-order valence-electron chi connectivity index (χ2n) is 6.36. The smallest absolute Gasteiger partial charge is 0.194 e. The second kappa shape index (κ2) is 10.9. The van der Waals surface area contributed by atoms with E-state index in [0.29, 0.717) is 6.61 Å². The van der Waals surface area contributed by atoms with Gasteiger partial charge in [0.2, 0.25) is 0 Å². The van der Waals surface area contributed by atoms with Crippen LogP contribution in [0.1, 0.15) is 24.2 Å². The molecule has 148 valence electrons. The fraction of sp³-hybridized carbons (Fsp3) is 0.474. The van der Waals surface area contributed by atoms with Gasteiger partial charge in [-0.15, -0.1) is 24.0 Å². The Morgan fingerprint density at radius 2 is 2.15 bits per heavy atom. The number of hydrogen-bond donors (Lipinski definition) is 1. The number of nitrogens with zero attached hydrogens (tertiary/aromatic N) is 4. The van der Waals surface area contributed by atoms with E-state index in [1.165, 1.54) is 5.56 Å². The van der Waals surface area contributed by atoms with Crippen molar-refractivity contribution in [3.63, 3.8) is 0 Å². The fourth-order valence-corrected chi connectivity index (χ4v) is 3.14. The number of halogens is 2. The minimum atomic E-state index is 0. The number of guanidine groups is 1. The van der Waals surface area contributed by atoms with Crippen LogP contribution in [0.4, 0.5) is 0 Å². The molecule has 0 radical (unpaired) electrons. The van der Waals surface area contributed by atoms with Crippen LogP contribution in [0.25, 0.3) is 0 Å². The first kappa shape index (κ1) is 22.0. The highest BCUT2D eigenvalue weighted by molar-refractivity contribution is 14.0. The topological polar surface area (TPSA) is 54.7 Å². The van der Waals surface area contributed by atoms with Crippen molar-refractivity contribution in [2.45, 2.75) is 19.4 Å². The number of aromatic nitrogens is 2. The van der Waals surface area contributed by atoms with E-state index in [4.69, 9.17) is 21.3 Å². The first-order valence-electron chi connectivity index (χ1n) is 9.03. The number of nitrogens with one attached hydrogen (secondary N) is 1. The van der Waals surface area contributed by atoms with E-state index in [1.807, 2.05) is 36.3 Å². The Labute approximate surface area is 183 Å². The van der Waals surface area contributed by atoms with Crippen molar-refractivity contribution in [3.8, 4) is 0 Å². The van der Waals surface area contributed by atoms with Gasteiger partial charge >= 0.3 is 0 Å². The van der Waals surface area contributed by atoms with Crippen LogP contribution in [0, 0.1) is 0 Å². The highest BCUT2D eigenvalue weighted by atomic mass is 127. The zero-order valence-corrected chi connectivity index (χ0v) is 18.9. The summed E-state index contributed by atoms with van der Waals surface area (Å²) in [5, 5.41) is 8.42. The van der Waals surface area contributed by atoms with Gasteiger partial charge < -0.3 is 15.0 Å². The van der Waals surface area contributed by atoms with E-state index in [1.54, 1.807) is 0 Å². The molecule has 2 aromatic rings. The third-order valence-corrected chi connectivity index (χ3v) is 4.62. The van der Waals surface area contributed by atoms with E-state index in [9.17, 15) is 0 Å². The standard InChI is InChI=1S/C19H26ClN5O.HI/c1-3-21-19(22-9-8-15-4-6-17(20)7-5-15)25-10-11-26-18(14-25)16-12-23-24(2)13-16;/h4-7,12-13,18H,3,8-11,14H2,1-2H3,(H,21,22);1H. The Kier molecular flexibility index (Phi) is 8.85. The molecule has 1 aliphatic rings. The van der Waals surface area contributed by atoms with Crippen molar-refractivity contribution < 1.29 is 4.74 Å². The Morgan fingerprint density at radius 1 is 1.37 bits per heavy atom. The van der Waals surface area contributed by atoms with Gasteiger partial charge in [0.15, 0.2) is 5.96 Å². The van der Waals surface area contributed by atoms with Crippen LogP contribution in [-0.4, -0.2) is 53.4 Å². The summed E-state index contributed by atoms with van der Waals surface area (Å²) in [4.78, 5) is 7.08. The van der Waals surface area contributed by atoms with Crippen LogP contribution in [-0.2, 0) is 18.2 Å². The molecule has 1 aliphatic heterocycles. The molecule has 2 heterocycles. The summed E-state index contributed by atoms with van der Waals surface area (Å²) >= 11 is 5.94. The molecule has 1 N–H and O–H groups in total. The predicted molar refractivity (Wildman–Crippen MR) is 120 cm³/mol. The van der Waals surface area contributed by atoms with Crippen molar-refractivity contribution in [2.24, 2.45) is 12.0 Å². The summed E-state index contributed by atoms with van der Waals surface area (Å²) in [5.41, 5.74) is 2.35. The van der Waals surface area contributed by atoms with Gasteiger partial charge in [-0.25, -0.2) is 0 Å². The molecular formula is C19H27ClIN5O. The minimum Gasteiger partial charge on any atom is -0.370 e. The number of aliphatic imine (C=N–C) groups is 1. The predicted octanol–water partition coefficient (Wildman–Crippen LogP) is 3.27. The van der Waals surface area contributed by atoms with Crippen LogP contribution >= 0.6 is 35.6 Å². The first-order chi connectivity index (χ1) is 12.7. The third kappa shape index (κ3) is 6.36. The van der Waals surface area contributed by atoms with Crippen LogP contribution < -0.4 is 5.32 Å². The molecule has 0 amide bonds. The monoisotopic (exact) mass is 503 g/mol. The van der Waals surface area contributed by atoms with Crippen molar-refractivity contribution in [1.82, 2.24) is 20.0 Å². The van der Waals surface area contributed by atoms with Gasteiger partial charge in [-0.1, -0.05) is 23.7 Å². The highest BCUT2D eigenvalue weighted by Crippen LogP contribution is 2.21. The zero-order chi connectivity index (χ0) is 18.4. The maximum atomic E-state index is 5.94. The Balaban J connectivity index is 0.00000261. The summed E-state index contributed by atoms with van der Waals surface area (Å²) in [5.74, 6) is 0.943. The summed E-state index contributed by atoms with van der Waals surface area (Å²) in [6.45, 7) is 5.96. The number of hydrogen-bond acceptors (Lipinski definition) is 3. The van der Waals surface area contributed by atoms with E-state index in [0.717, 1.165) is 49.1 Å². The molecule has 1 saturated heterocycles. The summed E-state index contributed by atoms with van der Waals surface area (Å²) in [7, 11) is 1.92. The van der Waals surface area contributed by atoms with Gasteiger partial charge in [0.25, 0.3) is 0 Å². The van der Waals surface area contributed by atoms with Crippen LogP contribution in [0.2, 0.25) is 5.02 Å². The molecular weight excluding hydrogens is 477 g/mol. The SMILES string of the molecule is CCNC(=NCCc1ccc(Cl)cc1)N1CCOC(c2cnn(C)c2)C1.I. The largest absolute Gasteiger partial charge is 0.370 e. The molecule has 8 heteroatoms. The van der Waals surface area contributed by atoms with E-state index < -0.39 is 0 Å². The lowest BCUT2D eigenvalue weighted by Crippen LogP contribution is -2.48. The molecule has 1 unspecified atom stereocenters. The van der Waals surface area contributed by atoms with Gasteiger partial charge in [-0.2, -0.15) is 5.10 Å². The molecule has 0 aliphatic carbocycles. The minimum absolute atomic E-state index is 0. The van der Waals surface area contributed by atoms with Gasteiger partial charge in [-0.3, -0.25) is 9.67 Å². The highest BCUT2D eigenvalue weighted by Gasteiger charge is 2.25. The molecule has 27 heavy (non-hydrogen) atoms. The number of ether oxygens (including phenoxy) is 1. The Bertz CT molecular complexity index is 734. The van der Waals surface area contributed by atoms with Crippen LogP contribution in [0.5, 0.6) is 0 Å². The van der Waals surface area contributed by atoms with Crippen molar-refractivity contribution in [3.05, 3.63) is 52.8 Å². The van der Waals surface area contributed by atoms with Crippen molar-refractivity contribution >= 4 is 41.5 Å². The lowest BCUT2D eigenvalue weighted by Gasteiger charge is -2.34. The van der Waals surface area contributed by atoms with E-state index >= 15 is 0 Å². The Morgan fingerprint density at radius 3 is 2.81 bits per heavy atom. The second-order valence-corrected chi connectivity index (χ2v) is 6.80. The van der Waals surface area contributed by atoms with Gasteiger partial charge in [0.1, 0.15) is 6.10 Å². The number of morpholine rings is 1. The average Bonchev–Trinajstić information content (AvgIpc) is 3.09. The molecule has 6 nitrogen and oxygen atoms in total. The lowest BCUT2D eigenvalue weighted by atomic mass is 10.1. The van der Waals surface area contributed by atoms with Crippen molar-refractivity contribution in [1.29, 1.82) is 0 Å². The molecule has 3 rings (SSSR count). The molecule has 1 atom stereocenters. The summed E-state index contributed by atoms with van der Waals surface area (Å²) in [6, 6.07) is 7.95. The Hall–Kier alpha value is -1.32. The van der Waals surface area contributed by atoms with Gasteiger partial charge in [0, 0.05) is 43.5 Å². The molecule has 0 bridgehead atoms. The number of benzene rings is 1. The van der Waals surface area contributed by atoms with E-state index in [2.05, 4.69) is 34.4 Å². The molecule has 1 fully saturated rings. The zero-order valence-electron chi connectivity index (χ0n) is 15.8. The number of aryl methyl sites for hydroxylation is 1. The fourth-order valence-electron chi connectivity index (χ4n) is 3.02. The van der Waals surface area contributed by atoms with Crippen LogP contribution in [0.15, 0.2) is 41.7 Å². The molecule has 1 aromatic heterocycles. The summed E-state index contributed by atoms with van der Waals surface area (Å²) < 4.78 is 7.74. The first-order valence-corrected chi connectivity index (χ1v) is 9.41. The molecule has 1 aromatic carbocycles. The number of rotatable bonds is 5. The lowest BCUT2D eigenvalue weighted by molar-refractivity contribution is -0.00803. The maximum Gasteiger partial charge on any atom is 0.194 e. The molecule has 0 saturated carbocycles. The van der Waals surface area contributed by atoms with Gasteiger partial charge in [-0.05, 0) is 31.0 Å². The van der Waals surface area contributed by atoms with Gasteiger partial charge in [0.05, 0.1) is 19.3 Å².